The van der Waals surface area contributed by atoms with Crippen LogP contribution in [0.4, 0.5) is 11.4 Å². The third kappa shape index (κ3) is 4.06. The highest BCUT2D eigenvalue weighted by Crippen LogP contribution is 2.19. The minimum atomic E-state index is -0.837. The van der Waals surface area contributed by atoms with Crippen LogP contribution in [0, 0.1) is 0 Å². The minimum absolute atomic E-state index is 0.130. The highest BCUT2D eigenvalue weighted by Gasteiger charge is 2.30. The second-order valence-electron chi connectivity index (χ2n) is 4.50. The predicted molar refractivity (Wildman–Crippen MR) is 75.1 cm³/mol. The van der Waals surface area contributed by atoms with Crippen LogP contribution in [0.3, 0.4) is 0 Å². The standard InChI is InChI=1S/C14H20N2O3/c1-5-14(3,19-4)13(18)16-12-8-6-11(7-9-12)15-10(2)17/h6-9H,5H2,1-4H3,(H,15,17)(H,16,18). The molecule has 1 unspecified atom stereocenters. The average Bonchev–Trinajstić information content (AvgIpc) is 2.39. The first-order valence-corrected chi connectivity index (χ1v) is 6.15. The quantitative estimate of drug-likeness (QED) is 0.858. The first-order chi connectivity index (χ1) is 8.91. The fourth-order valence-electron chi connectivity index (χ4n) is 1.50. The number of ether oxygens (including phenoxy) is 1. The maximum Gasteiger partial charge on any atom is 0.256 e. The molecule has 0 saturated heterocycles. The number of benzene rings is 1. The first-order valence-electron chi connectivity index (χ1n) is 6.15. The van der Waals surface area contributed by atoms with E-state index in [-0.39, 0.29) is 11.8 Å². The SMILES string of the molecule is CCC(C)(OC)C(=O)Nc1ccc(NC(C)=O)cc1. The summed E-state index contributed by atoms with van der Waals surface area (Å²) in [7, 11) is 1.52. The van der Waals surface area contributed by atoms with Crippen molar-refractivity contribution >= 4 is 23.2 Å². The van der Waals surface area contributed by atoms with E-state index in [2.05, 4.69) is 10.6 Å². The van der Waals surface area contributed by atoms with E-state index in [1.54, 1.807) is 31.2 Å². The minimum Gasteiger partial charge on any atom is -0.369 e. The highest BCUT2D eigenvalue weighted by molar-refractivity contribution is 5.97. The van der Waals surface area contributed by atoms with Gasteiger partial charge < -0.3 is 15.4 Å². The van der Waals surface area contributed by atoms with Gasteiger partial charge in [0.1, 0.15) is 5.60 Å². The second-order valence-corrected chi connectivity index (χ2v) is 4.50. The van der Waals surface area contributed by atoms with Crippen molar-refractivity contribution in [1.29, 1.82) is 0 Å². The van der Waals surface area contributed by atoms with Crippen LogP contribution in [0.1, 0.15) is 27.2 Å². The Morgan fingerprint density at radius 2 is 1.63 bits per heavy atom. The van der Waals surface area contributed by atoms with Crippen molar-refractivity contribution in [1.82, 2.24) is 0 Å². The first kappa shape index (κ1) is 15.2. The predicted octanol–water partition coefficient (Wildman–Crippen LogP) is 2.40. The number of carbonyl (C=O) groups is 2. The molecule has 0 bridgehead atoms. The van der Waals surface area contributed by atoms with Crippen LogP contribution >= 0.6 is 0 Å². The monoisotopic (exact) mass is 264 g/mol. The van der Waals surface area contributed by atoms with Gasteiger partial charge in [-0.2, -0.15) is 0 Å². The van der Waals surface area contributed by atoms with Gasteiger partial charge in [-0.05, 0) is 37.6 Å². The van der Waals surface area contributed by atoms with E-state index in [9.17, 15) is 9.59 Å². The molecule has 0 aromatic heterocycles. The van der Waals surface area contributed by atoms with Crippen LogP contribution in [0.2, 0.25) is 0 Å². The Hall–Kier alpha value is -1.88. The van der Waals surface area contributed by atoms with E-state index in [4.69, 9.17) is 4.74 Å². The molecule has 1 atom stereocenters. The van der Waals surface area contributed by atoms with Gasteiger partial charge in [-0.15, -0.1) is 0 Å². The fraction of sp³-hybridized carbons (Fsp3) is 0.429. The van der Waals surface area contributed by atoms with Crippen molar-refractivity contribution in [3.8, 4) is 0 Å². The third-order valence-electron chi connectivity index (χ3n) is 3.07. The molecule has 0 radical (unpaired) electrons. The Labute approximate surface area is 113 Å². The summed E-state index contributed by atoms with van der Waals surface area (Å²) in [5.41, 5.74) is 0.516. The van der Waals surface area contributed by atoms with Gasteiger partial charge in [0.15, 0.2) is 0 Å². The maximum absolute atomic E-state index is 12.1. The zero-order valence-electron chi connectivity index (χ0n) is 11.7. The number of methoxy groups -OCH3 is 1. The summed E-state index contributed by atoms with van der Waals surface area (Å²) < 4.78 is 5.23. The van der Waals surface area contributed by atoms with Crippen LogP contribution < -0.4 is 10.6 Å². The zero-order valence-corrected chi connectivity index (χ0v) is 11.7. The molecular weight excluding hydrogens is 244 g/mol. The zero-order chi connectivity index (χ0) is 14.5. The number of anilines is 2. The molecule has 0 aliphatic heterocycles. The lowest BCUT2D eigenvalue weighted by atomic mass is 10.0. The van der Waals surface area contributed by atoms with Crippen molar-refractivity contribution < 1.29 is 14.3 Å². The van der Waals surface area contributed by atoms with Gasteiger partial charge in [-0.25, -0.2) is 0 Å². The van der Waals surface area contributed by atoms with Crippen molar-refractivity contribution in [2.45, 2.75) is 32.8 Å². The summed E-state index contributed by atoms with van der Waals surface area (Å²) in [6, 6.07) is 6.92. The lowest BCUT2D eigenvalue weighted by molar-refractivity contribution is -0.136. The maximum atomic E-state index is 12.1. The van der Waals surface area contributed by atoms with Gasteiger partial charge in [0, 0.05) is 25.4 Å². The molecule has 1 aromatic carbocycles. The second kappa shape index (κ2) is 6.33. The van der Waals surface area contributed by atoms with Gasteiger partial charge in [0.2, 0.25) is 5.91 Å². The van der Waals surface area contributed by atoms with E-state index in [0.29, 0.717) is 17.8 Å². The number of hydrogen-bond donors (Lipinski definition) is 2. The van der Waals surface area contributed by atoms with Gasteiger partial charge in [-0.1, -0.05) is 6.92 Å². The summed E-state index contributed by atoms with van der Waals surface area (Å²) in [6.07, 6.45) is 0.583. The Balaban J connectivity index is 2.73. The Morgan fingerprint density at radius 1 is 1.16 bits per heavy atom. The van der Waals surface area contributed by atoms with Crippen LogP contribution in [-0.2, 0) is 14.3 Å². The molecule has 0 aliphatic carbocycles. The summed E-state index contributed by atoms with van der Waals surface area (Å²) in [5, 5.41) is 5.45. The molecule has 0 spiro atoms. The molecule has 0 aliphatic rings. The number of hydrogen-bond acceptors (Lipinski definition) is 3. The molecule has 0 fully saturated rings. The molecule has 1 aromatic rings. The molecule has 5 nitrogen and oxygen atoms in total. The molecule has 19 heavy (non-hydrogen) atoms. The molecule has 1 rings (SSSR count). The number of carbonyl (C=O) groups excluding carboxylic acids is 2. The summed E-state index contributed by atoms with van der Waals surface area (Å²) in [4.78, 5) is 22.9. The summed E-state index contributed by atoms with van der Waals surface area (Å²) >= 11 is 0. The fourth-order valence-corrected chi connectivity index (χ4v) is 1.50. The Bertz CT molecular complexity index is 450. The molecule has 2 N–H and O–H groups in total. The normalized spacial score (nSPS) is 13.5. The van der Waals surface area contributed by atoms with Crippen molar-refractivity contribution in [2.75, 3.05) is 17.7 Å². The Morgan fingerprint density at radius 3 is 2.00 bits per heavy atom. The van der Waals surface area contributed by atoms with Crippen molar-refractivity contribution in [2.24, 2.45) is 0 Å². The van der Waals surface area contributed by atoms with E-state index >= 15 is 0 Å². The van der Waals surface area contributed by atoms with E-state index in [1.165, 1.54) is 14.0 Å². The molecule has 104 valence electrons. The summed E-state index contributed by atoms with van der Waals surface area (Å²) in [6.45, 7) is 5.08. The van der Waals surface area contributed by atoms with Crippen LogP contribution in [-0.4, -0.2) is 24.5 Å². The highest BCUT2D eigenvalue weighted by atomic mass is 16.5. The molecule has 0 saturated carbocycles. The van der Waals surface area contributed by atoms with Gasteiger partial charge >= 0.3 is 0 Å². The van der Waals surface area contributed by atoms with Crippen LogP contribution in [0.15, 0.2) is 24.3 Å². The van der Waals surface area contributed by atoms with Gasteiger partial charge in [0.05, 0.1) is 0 Å². The van der Waals surface area contributed by atoms with E-state index in [1.807, 2.05) is 6.92 Å². The van der Waals surface area contributed by atoms with E-state index < -0.39 is 5.60 Å². The lowest BCUT2D eigenvalue weighted by Gasteiger charge is -2.25. The van der Waals surface area contributed by atoms with Crippen LogP contribution in [0.25, 0.3) is 0 Å². The largest absolute Gasteiger partial charge is 0.369 e. The Kier molecular flexibility index (Phi) is 5.06. The van der Waals surface area contributed by atoms with Crippen molar-refractivity contribution in [3.05, 3.63) is 24.3 Å². The van der Waals surface area contributed by atoms with Gasteiger partial charge in [0.25, 0.3) is 5.91 Å². The third-order valence-corrected chi connectivity index (χ3v) is 3.07. The molecule has 2 amide bonds. The van der Waals surface area contributed by atoms with Crippen LogP contribution in [0.5, 0.6) is 0 Å². The summed E-state index contributed by atoms with van der Waals surface area (Å²) in [5.74, 6) is -0.320. The lowest BCUT2D eigenvalue weighted by Crippen LogP contribution is -2.41. The smallest absolute Gasteiger partial charge is 0.256 e. The number of nitrogens with one attached hydrogen (secondary N) is 2. The number of rotatable bonds is 5. The van der Waals surface area contributed by atoms with Gasteiger partial charge in [-0.3, -0.25) is 9.59 Å². The van der Waals surface area contributed by atoms with E-state index in [0.717, 1.165) is 0 Å². The average molecular weight is 264 g/mol. The topological polar surface area (TPSA) is 67.4 Å². The van der Waals surface area contributed by atoms with Crippen molar-refractivity contribution in [3.63, 3.8) is 0 Å². The molecule has 0 heterocycles. The molecule has 5 heteroatoms. The number of amides is 2. The molecular formula is C14H20N2O3.